The third-order valence-corrected chi connectivity index (χ3v) is 8.75. The fourth-order valence-electron chi connectivity index (χ4n) is 6.59. The lowest BCUT2D eigenvalue weighted by molar-refractivity contribution is -0.141. The Hall–Kier alpha value is -2.38. The first-order valence-corrected chi connectivity index (χ1v) is 13.2. The van der Waals surface area contributed by atoms with Gasteiger partial charge in [-0.15, -0.1) is 0 Å². The summed E-state index contributed by atoms with van der Waals surface area (Å²) in [5, 5.41) is 6.68. The molecular weight excluding hydrogens is 466 g/mol. The maximum absolute atomic E-state index is 13.8. The number of likely N-dealkylation sites (tertiary alicyclic amines) is 1. The number of hydrogen-bond acceptors (Lipinski definition) is 4. The topological polar surface area (TPSA) is 87.7 Å². The third kappa shape index (κ3) is 3.97. The number of carbonyl (C=O) groups excluding carboxylic acids is 3. The highest BCUT2D eigenvalue weighted by atomic mass is 35.5. The van der Waals surface area contributed by atoms with Gasteiger partial charge in [-0.25, -0.2) is 0 Å². The predicted octanol–water partition coefficient (Wildman–Crippen LogP) is 3.78. The zero-order valence-electron chi connectivity index (χ0n) is 20.5. The Morgan fingerprint density at radius 3 is 2.77 bits per heavy atom. The van der Waals surface area contributed by atoms with Gasteiger partial charge in [0.1, 0.15) is 11.6 Å². The molecule has 35 heavy (non-hydrogen) atoms. The van der Waals surface area contributed by atoms with E-state index in [1.165, 1.54) is 6.42 Å². The second kappa shape index (κ2) is 9.25. The van der Waals surface area contributed by atoms with Crippen LogP contribution in [0.3, 0.4) is 0 Å². The van der Waals surface area contributed by atoms with Gasteiger partial charge in [0.15, 0.2) is 0 Å². The summed E-state index contributed by atoms with van der Waals surface area (Å²) in [6, 6.07) is 6.20. The molecule has 3 amide bonds. The molecule has 2 bridgehead atoms. The van der Waals surface area contributed by atoms with Crippen LogP contribution in [0.5, 0.6) is 0 Å². The van der Waals surface area contributed by atoms with Crippen LogP contribution < -0.4 is 10.6 Å². The van der Waals surface area contributed by atoms with Gasteiger partial charge in [-0.1, -0.05) is 63.4 Å². The number of fused-ring (bicyclic) bond motifs is 1. The van der Waals surface area contributed by atoms with Gasteiger partial charge in [-0.2, -0.15) is 0 Å². The van der Waals surface area contributed by atoms with Crippen molar-refractivity contribution in [2.24, 2.45) is 23.7 Å². The molecule has 1 aliphatic carbocycles. The van der Waals surface area contributed by atoms with Crippen LogP contribution in [0.1, 0.15) is 46.5 Å². The first-order chi connectivity index (χ1) is 16.8. The maximum atomic E-state index is 13.8. The SMILES string of the molecule is CCCN1C(=O)[C@@H]2[C@H](C(=O)Nc3cccc(Cl)c3)[C@@H]3C=C[C@@]2(O3)[C@@H]1C(=O)N[C@@H]1CCC[C@H](C)[C@@H]1C. The number of anilines is 1. The van der Waals surface area contributed by atoms with Crippen molar-refractivity contribution in [2.45, 2.75) is 70.2 Å². The Balaban J connectivity index is 1.42. The standard InChI is InChI=1S/C27H34ClN3O4/c1-4-13-31-23(25(33)30-19-10-5-7-15(2)16(19)3)27-12-11-20(35-27)21(22(27)26(31)34)24(32)29-18-9-6-8-17(28)14-18/h6,8-9,11-12,14-16,19-23H,4-5,7,10,13H2,1-3H3,(H,29,32)(H,30,33)/t15-,16-,19+,20-,21+,22-,23-,27-/m0/s1. The lowest BCUT2D eigenvalue weighted by atomic mass is 9.73. The Kier molecular flexibility index (Phi) is 6.43. The van der Waals surface area contributed by atoms with Gasteiger partial charge in [0.25, 0.3) is 0 Å². The van der Waals surface area contributed by atoms with Gasteiger partial charge in [0.2, 0.25) is 17.7 Å². The van der Waals surface area contributed by atoms with E-state index in [9.17, 15) is 14.4 Å². The molecule has 1 saturated carbocycles. The first-order valence-electron chi connectivity index (χ1n) is 12.8. The summed E-state index contributed by atoms with van der Waals surface area (Å²) in [5.74, 6) is -1.20. The molecule has 3 fully saturated rings. The summed E-state index contributed by atoms with van der Waals surface area (Å²) in [6.07, 6.45) is 7.05. The maximum Gasteiger partial charge on any atom is 0.246 e. The lowest BCUT2D eigenvalue weighted by Crippen LogP contribution is -2.57. The quantitative estimate of drug-likeness (QED) is 0.583. The minimum atomic E-state index is -1.12. The third-order valence-electron chi connectivity index (χ3n) is 8.52. The van der Waals surface area contributed by atoms with Crippen molar-refractivity contribution >= 4 is 35.0 Å². The van der Waals surface area contributed by atoms with Crippen molar-refractivity contribution in [3.8, 4) is 0 Å². The molecule has 8 heteroatoms. The van der Waals surface area contributed by atoms with Crippen LogP contribution in [-0.2, 0) is 19.1 Å². The van der Waals surface area contributed by atoms with Gasteiger partial charge in [0.05, 0.1) is 17.9 Å². The average molecular weight is 500 g/mol. The zero-order chi connectivity index (χ0) is 24.9. The van der Waals surface area contributed by atoms with Crippen molar-refractivity contribution in [2.75, 3.05) is 11.9 Å². The molecule has 7 nitrogen and oxygen atoms in total. The first kappa shape index (κ1) is 24.3. The highest BCUT2D eigenvalue weighted by molar-refractivity contribution is 6.30. The van der Waals surface area contributed by atoms with E-state index in [0.29, 0.717) is 35.5 Å². The van der Waals surface area contributed by atoms with Gasteiger partial charge < -0.3 is 20.3 Å². The van der Waals surface area contributed by atoms with Gasteiger partial charge in [-0.3, -0.25) is 14.4 Å². The molecule has 3 aliphatic heterocycles. The van der Waals surface area contributed by atoms with E-state index in [1.807, 2.05) is 19.1 Å². The molecule has 1 spiro atoms. The number of amides is 3. The van der Waals surface area contributed by atoms with Crippen molar-refractivity contribution < 1.29 is 19.1 Å². The molecule has 2 N–H and O–H groups in total. The van der Waals surface area contributed by atoms with Crippen molar-refractivity contribution in [1.82, 2.24) is 10.2 Å². The highest BCUT2D eigenvalue weighted by Gasteiger charge is 2.72. The molecule has 0 unspecified atom stereocenters. The smallest absolute Gasteiger partial charge is 0.246 e. The minimum absolute atomic E-state index is 0.0739. The van der Waals surface area contributed by atoms with Crippen molar-refractivity contribution in [3.05, 3.63) is 41.4 Å². The molecule has 188 valence electrons. The number of benzene rings is 1. The second-order valence-electron chi connectivity index (χ2n) is 10.6. The van der Waals surface area contributed by atoms with Crippen LogP contribution in [0, 0.1) is 23.7 Å². The number of carbonyl (C=O) groups is 3. The van der Waals surface area contributed by atoms with Crippen LogP contribution in [0.4, 0.5) is 5.69 Å². The summed E-state index contributed by atoms with van der Waals surface area (Å²) >= 11 is 6.08. The van der Waals surface area contributed by atoms with E-state index in [-0.39, 0.29) is 23.8 Å². The number of nitrogens with one attached hydrogen (secondary N) is 2. The highest BCUT2D eigenvalue weighted by Crippen LogP contribution is 2.55. The van der Waals surface area contributed by atoms with E-state index in [1.54, 1.807) is 29.2 Å². The second-order valence-corrected chi connectivity index (χ2v) is 11.1. The average Bonchev–Trinajstić information content (AvgIpc) is 3.45. The number of rotatable bonds is 6. The molecule has 4 aliphatic rings. The van der Waals surface area contributed by atoms with Crippen LogP contribution in [0.25, 0.3) is 0 Å². The summed E-state index contributed by atoms with van der Waals surface area (Å²) in [7, 11) is 0. The van der Waals surface area contributed by atoms with Crippen LogP contribution in [0.2, 0.25) is 5.02 Å². The Morgan fingerprint density at radius 2 is 2.03 bits per heavy atom. The molecule has 2 saturated heterocycles. The number of nitrogens with zero attached hydrogens (tertiary/aromatic N) is 1. The summed E-state index contributed by atoms with van der Waals surface area (Å²) in [6.45, 7) is 6.84. The molecule has 1 aromatic carbocycles. The molecule has 5 rings (SSSR count). The Bertz CT molecular complexity index is 1060. The van der Waals surface area contributed by atoms with Crippen molar-refractivity contribution in [1.29, 1.82) is 0 Å². The summed E-state index contributed by atoms with van der Waals surface area (Å²) in [4.78, 5) is 42.6. The Labute approximate surface area is 211 Å². The molecule has 3 heterocycles. The predicted molar refractivity (Wildman–Crippen MR) is 134 cm³/mol. The number of ether oxygens (including phenoxy) is 1. The van der Waals surface area contributed by atoms with E-state index >= 15 is 0 Å². The number of hydrogen-bond donors (Lipinski definition) is 2. The summed E-state index contributed by atoms with van der Waals surface area (Å²) < 4.78 is 6.38. The molecule has 8 atom stereocenters. The fraction of sp³-hybridized carbons (Fsp3) is 0.593. The molecular formula is C27H34ClN3O4. The molecule has 0 radical (unpaired) electrons. The number of halogens is 1. The van der Waals surface area contributed by atoms with Crippen LogP contribution in [-0.4, -0.2) is 53.0 Å². The van der Waals surface area contributed by atoms with Crippen LogP contribution in [0.15, 0.2) is 36.4 Å². The fourth-order valence-corrected chi connectivity index (χ4v) is 6.78. The molecule has 1 aromatic rings. The van der Waals surface area contributed by atoms with Crippen LogP contribution >= 0.6 is 11.6 Å². The zero-order valence-corrected chi connectivity index (χ0v) is 21.3. The van der Waals surface area contributed by atoms with E-state index < -0.39 is 29.6 Å². The van der Waals surface area contributed by atoms with E-state index in [4.69, 9.17) is 16.3 Å². The van der Waals surface area contributed by atoms with E-state index in [2.05, 4.69) is 24.5 Å². The normalized spacial score (nSPS) is 37.4. The van der Waals surface area contributed by atoms with Crippen molar-refractivity contribution in [3.63, 3.8) is 0 Å². The van der Waals surface area contributed by atoms with E-state index in [0.717, 1.165) is 12.8 Å². The largest absolute Gasteiger partial charge is 0.359 e. The monoisotopic (exact) mass is 499 g/mol. The lowest BCUT2D eigenvalue weighted by Gasteiger charge is -2.38. The minimum Gasteiger partial charge on any atom is -0.359 e. The van der Waals surface area contributed by atoms with Gasteiger partial charge in [-0.05, 0) is 42.9 Å². The van der Waals surface area contributed by atoms with Gasteiger partial charge >= 0.3 is 0 Å². The summed E-state index contributed by atoms with van der Waals surface area (Å²) in [5.41, 5.74) is -0.560. The Morgan fingerprint density at radius 1 is 1.23 bits per heavy atom. The molecule has 0 aromatic heterocycles. The van der Waals surface area contributed by atoms with Gasteiger partial charge in [0, 0.05) is 23.3 Å².